The van der Waals surface area contributed by atoms with Crippen LogP contribution in [0.2, 0.25) is 0 Å². The lowest BCUT2D eigenvalue weighted by molar-refractivity contribution is 0.682. The van der Waals surface area contributed by atoms with Crippen LogP contribution in [0.4, 0.5) is 0 Å². The van der Waals surface area contributed by atoms with Gasteiger partial charge in [0, 0.05) is 5.75 Å². The van der Waals surface area contributed by atoms with Crippen molar-refractivity contribution in [1.82, 2.24) is 10.2 Å². The summed E-state index contributed by atoms with van der Waals surface area (Å²) in [6.07, 6.45) is 0. The van der Waals surface area contributed by atoms with Crippen molar-refractivity contribution in [3.8, 4) is 6.07 Å². The quantitative estimate of drug-likeness (QED) is 0.677. The molecule has 0 aliphatic heterocycles. The molecule has 1 unspecified atom stereocenters. The zero-order chi connectivity index (χ0) is 8.27. The fourth-order valence-electron chi connectivity index (χ4n) is 0.470. The van der Waals surface area contributed by atoms with Gasteiger partial charge in [-0.3, -0.25) is 4.21 Å². The van der Waals surface area contributed by atoms with E-state index in [0.29, 0.717) is 10.1 Å². The molecule has 1 atom stereocenters. The minimum Gasteiger partial charge on any atom is -0.252 e. The Morgan fingerprint density at radius 3 is 2.91 bits per heavy atom. The van der Waals surface area contributed by atoms with Crippen molar-refractivity contribution in [3.05, 3.63) is 5.01 Å². The van der Waals surface area contributed by atoms with E-state index in [2.05, 4.69) is 10.2 Å². The number of rotatable bonds is 2. The Bertz CT molecular complexity index is 314. The standard InChI is InChI=1S/C5H5N3OS2/c1-2-11(9)5-8-7-4(3-6)10-5/h2H2,1H3. The summed E-state index contributed by atoms with van der Waals surface area (Å²) >= 11 is 1.08. The zero-order valence-electron chi connectivity index (χ0n) is 5.77. The highest BCUT2D eigenvalue weighted by Crippen LogP contribution is 2.12. The third-order valence-electron chi connectivity index (χ3n) is 0.959. The van der Waals surface area contributed by atoms with Crippen molar-refractivity contribution >= 4 is 22.1 Å². The number of hydrogen-bond acceptors (Lipinski definition) is 5. The van der Waals surface area contributed by atoms with Gasteiger partial charge in [-0.2, -0.15) is 5.26 Å². The maximum atomic E-state index is 11.1. The number of hydrogen-bond donors (Lipinski definition) is 0. The molecule has 0 aromatic carbocycles. The number of nitrogens with zero attached hydrogens (tertiary/aromatic N) is 3. The molecule has 4 nitrogen and oxygen atoms in total. The van der Waals surface area contributed by atoms with Gasteiger partial charge in [0.25, 0.3) is 0 Å². The summed E-state index contributed by atoms with van der Waals surface area (Å²) in [5.74, 6) is 0.514. The second-order valence-electron chi connectivity index (χ2n) is 1.62. The molecule has 0 aliphatic rings. The van der Waals surface area contributed by atoms with Crippen LogP contribution in [0.3, 0.4) is 0 Å². The van der Waals surface area contributed by atoms with E-state index in [4.69, 9.17) is 5.26 Å². The molecule has 0 saturated heterocycles. The van der Waals surface area contributed by atoms with E-state index in [9.17, 15) is 4.21 Å². The Morgan fingerprint density at radius 2 is 2.45 bits per heavy atom. The molecule has 6 heteroatoms. The second-order valence-corrected chi connectivity index (χ2v) is 4.51. The fraction of sp³-hybridized carbons (Fsp3) is 0.400. The Kier molecular flexibility index (Phi) is 2.68. The second kappa shape index (κ2) is 3.55. The molecule has 11 heavy (non-hydrogen) atoms. The van der Waals surface area contributed by atoms with Crippen LogP contribution in [-0.2, 0) is 10.8 Å². The van der Waals surface area contributed by atoms with Crippen molar-refractivity contribution in [2.75, 3.05) is 5.75 Å². The zero-order valence-corrected chi connectivity index (χ0v) is 7.41. The van der Waals surface area contributed by atoms with Crippen molar-refractivity contribution in [2.45, 2.75) is 11.3 Å². The van der Waals surface area contributed by atoms with E-state index in [1.807, 2.05) is 6.07 Å². The summed E-state index contributed by atoms with van der Waals surface area (Å²) in [7, 11) is -1.08. The van der Waals surface area contributed by atoms with Gasteiger partial charge in [-0.1, -0.05) is 18.3 Å². The van der Waals surface area contributed by atoms with E-state index in [0.717, 1.165) is 11.3 Å². The number of nitriles is 1. The minimum atomic E-state index is -1.08. The molecule has 0 radical (unpaired) electrons. The summed E-state index contributed by atoms with van der Waals surface area (Å²) in [6, 6.07) is 1.84. The van der Waals surface area contributed by atoms with Crippen LogP contribution >= 0.6 is 11.3 Å². The van der Waals surface area contributed by atoms with Crippen molar-refractivity contribution < 1.29 is 4.21 Å². The van der Waals surface area contributed by atoms with Gasteiger partial charge in [0.2, 0.25) is 9.35 Å². The van der Waals surface area contributed by atoms with Crippen LogP contribution in [0, 0.1) is 11.3 Å². The lowest BCUT2D eigenvalue weighted by Crippen LogP contribution is -1.92. The molecule has 1 rings (SSSR count). The Hall–Kier alpha value is -0.800. The van der Waals surface area contributed by atoms with Gasteiger partial charge in [-0.05, 0) is 0 Å². The van der Waals surface area contributed by atoms with Crippen LogP contribution in [0.25, 0.3) is 0 Å². The summed E-state index contributed by atoms with van der Waals surface area (Å²) in [5, 5.41) is 15.8. The predicted molar refractivity (Wildman–Crippen MR) is 41.6 cm³/mol. The first-order chi connectivity index (χ1) is 5.27. The van der Waals surface area contributed by atoms with Crippen LogP contribution in [0.1, 0.15) is 11.9 Å². The Morgan fingerprint density at radius 1 is 1.73 bits per heavy atom. The minimum absolute atomic E-state index is 0.266. The highest BCUT2D eigenvalue weighted by molar-refractivity contribution is 7.87. The van der Waals surface area contributed by atoms with Crippen molar-refractivity contribution in [3.63, 3.8) is 0 Å². The maximum absolute atomic E-state index is 11.1. The molecule has 0 N–H and O–H groups in total. The highest BCUT2D eigenvalue weighted by Gasteiger charge is 2.07. The van der Waals surface area contributed by atoms with E-state index < -0.39 is 10.8 Å². The predicted octanol–water partition coefficient (Wildman–Crippen LogP) is 0.537. The third kappa shape index (κ3) is 1.82. The molecule has 1 heterocycles. The van der Waals surface area contributed by atoms with E-state index in [1.54, 1.807) is 6.92 Å². The lowest BCUT2D eigenvalue weighted by atomic mass is 10.8. The first-order valence-corrected chi connectivity index (χ1v) is 5.03. The summed E-state index contributed by atoms with van der Waals surface area (Å²) in [6.45, 7) is 1.80. The molecular weight excluding hydrogens is 182 g/mol. The van der Waals surface area contributed by atoms with Gasteiger partial charge in [0.15, 0.2) is 0 Å². The normalized spacial score (nSPS) is 12.4. The average molecular weight is 187 g/mol. The van der Waals surface area contributed by atoms with Gasteiger partial charge < -0.3 is 0 Å². The molecule has 0 aliphatic carbocycles. The molecular formula is C5H5N3OS2. The molecule has 1 aromatic heterocycles. The maximum Gasteiger partial charge on any atom is 0.218 e. The molecule has 0 fully saturated rings. The number of aromatic nitrogens is 2. The third-order valence-corrected chi connectivity index (χ3v) is 3.38. The summed E-state index contributed by atoms with van der Waals surface area (Å²) in [5.41, 5.74) is 0. The summed E-state index contributed by atoms with van der Waals surface area (Å²) in [4.78, 5) is 0. The van der Waals surface area contributed by atoms with Crippen LogP contribution in [0.5, 0.6) is 0 Å². The first-order valence-electron chi connectivity index (χ1n) is 2.90. The molecule has 58 valence electrons. The molecule has 0 saturated carbocycles. The fourth-order valence-corrected chi connectivity index (χ4v) is 2.19. The van der Waals surface area contributed by atoms with E-state index >= 15 is 0 Å². The topological polar surface area (TPSA) is 66.6 Å². The Labute approximate surface area is 70.3 Å². The van der Waals surface area contributed by atoms with Crippen molar-refractivity contribution in [1.29, 1.82) is 5.26 Å². The first kappa shape index (κ1) is 8.30. The monoisotopic (exact) mass is 187 g/mol. The van der Waals surface area contributed by atoms with Crippen LogP contribution in [-0.4, -0.2) is 20.2 Å². The smallest absolute Gasteiger partial charge is 0.218 e. The van der Waals surface area contributed by atoms with Gasteiger partial charge in [-0.15, -0.1) is 10.2 Å². The van der Waals surface area contributed by atoms with Gasteiger partial charge in [0.05, 0.1) is 10.8 Å². The van der Waals surface area contributed by atoms with Gasteiger partial charge in [-0.25, -0.2) is 0 Å². The lowest BCUT2D eigenvalue weighted by Gasteiger charge is -1.85. The van der Waals surface area contributed by atoms with E-state index in [1.165, 1.54) is 0 Å². The van der Waals surface area contributed by atoms with E-state index in [-0.39, 0.29) is 5.01 Å². The molecule has 0 bridgehead atoms. The SMILES string of the molecule is CCS(=O)c1nnc(C#N)s1. The summed E-state index contributed by atoms with van der Waals surface area (Å²) < 4.78 is 11.5. The van der Waals surface area contributed by atoms with Crippen LogP contribution < -0.4 is 0 Å². The van der Waals surface area contributed by atoms with Crippen molar-refractivity contribution in [2.24, 2.45) is 0 Å². The molecule has 0 spiro atoms. The van der Waals surface area contributed by atoms with Gasteiger partial charge in [0.1, 0.15) is 6.07 Å². The largest absolute Gasteiger partial charge is 0.252 e. The molecule has 0 amide bonds. The molecule has 1 aromatic rings. The highest BCUT2D eigenvalue weighted by atomic mass is 32.2. The Balaban J connectivity index is 2.91. The van der Waals surface area contributed by atoms with Gasteiger partial charge >= 0.3 is 0 Å². The van der Waals surface area contributed by atoms with Crippen LogP contribution in [0.15, 0.2) is 4.34 Å². The average Bonchev–Trinajstić information content (AvgIpc) is 2.50.